The summed E-state index contributed by atoms with van der Waals surface area (Å²) >= 11 is 0. The first-order valence-electron chi connectivity index (χ1n) is 8.54. The van der Waals surface area contributed by atoms with Crippen LogP contribution in [0, 0.1) is 0 Å². The van der Waals surface area contributed by atoms with Crippen LogP contribution in [0.25, 0.3) is 22.6 Å². The fourth-order valence-corrected chi connectivity index (χ4v) is 3.42. The first kappa shape index (κ1) is 16.9. The molecule has 0 radical (unpaired) electrons. The van der Waals surface area contributed by atoms with E-state index < -0.39 is 0 Å². The summed E-state index contributed by atoms with van der Waals surface area (Å²) < 4.78 is 7.34. The lowest BCUT2D eigenvalue weighted by Gasteiger charge is -2.03. The van der Waals surface area contributed by atoms with Gasteiger partial charge in [-0.3, -0.25) is 9.59 Å². The third kappa shape index (κ3) is 2.75. The minimum atomic E-state index is -0.189. The van der Waals surface area contributed by atoms with Gasteiger partial charge in [-0.25, -0.2) is 0 Å². The summed E-state index contributed by atoms with van der Waals surface area (Å²) in [5.74, 6) is 0.386. The van der Waals surface area contributed by atoms with Crippen molar-refractivity contribution in [3.05, 3.63) is 59.3 Å². The summed E-state index contributed by atoms with van der Waals surface area (Å²) in [7, 11) is 5.17. The van der Waals surface area contributed by atoms with Crippen LogP contribution in [-0.2, 0) is 11.8 Å². The summed E-state index contributed by atoms with van der Waals surface area (Å²) in [5.41, 5.74) is 4.43. The second-order valence-corrected chi connectivity index (χ2v) is 6.43. The molecule has 1 aromatic heterocycles. The number of aromatic nitrogens is 1. The van der Waals surface area contributed by atoms with Crippen molar-refractivity contribution < 1.29 is 14.3 Å². The molecule has 136 valence electrons. The van der Waals surface area contributed by atoms with E-state index in [-0.39, 0.29) is 11.8 Å². The van der Waals surface area contributed by atoms with E-state index in [9.17, 15) is 9.59 Å². The average Bonchev–Trinajstić information content (AvgIpc) is 3.17. The molecule has 0 saturated carbocycles. The number of hydrogen-bond donors (Lipinski definition) is 2. The SMILES string of the molecule is CNC(=O)c1ccc2c(c1)C(=Cc1cn(C)c3ccc(OC)cc13)C(=O)N2. The standard InChI is InChI=1S/C21H19N3O3/c1-22-20(25)12-4-6-18-16(8-12)17(21(26)23-18)9-13-11-24(2)19-7-5-14(27-3)10-15(13)19/h4-11H,1-3H3,(H,22,25)(H,23,26). The number of anilines is 1. The van der Waals surface area contributed by atoms with Crippen molar-refractivity contribution in [2.45, 2.75) is 0 Å². The van der Waals surface area contributed by atoms with E-state index in [1.54, 1.807) is 32.4 Å². The van der Waals surface area contributed by atoms with E-state index in [0.29, 0.717) is 16.8 Å². The maximum absolute atomic E-state index is 12.5. The number of carbonyl (C=O) groups is 2. The number of rotatable bonds is 3. The molecule has 0 unspecified atom stereocenters. The molecule has 1 aliphatic rings. The van der Waals surface area contributed by atoms with Crippen molar-refractivity contribution in [3.63, 3.8) is 0 Å². The number of hydrogen-bond acceptors (Lipinski definition) is 3. The number of nitrogens with zero attached hydrogens (tertiary/aromatic N) is 1. The molecule has 2 heterocycles. The third-order valence-electron chi connectivity index (χ3n) is 4.82. The van der Waals surface area contributed by atoms with Crippen LogP contribution in [0.5, 0.6) is 5.75 Å². The molecule has 27 heavy (non-hydrogen) atoms. The normalized spacial score (nSPS) is 14.3. The van der Waals surface area contributed by atoms with Crippen LogP contribution in [-0.4, -0.2) is 30.5 Å². The summed E-state index contributed by atoms with van der Waals surface area (Å²) in [6, 6.07) is 11.0. The van der Waals surface area contributed by atoms with Gasteiger partial charge in [0.2, 0.25) is 0 Å². The van der Waals surface area contributed by atoms with Gasteiger partial charge < -0.3 is 19.9 Å². The summed E-state index contributed by atoms with van der Waals surface area (Å²) in [6.45, 7) is 0. The number of methoxy groups -OCH3 is 1. The van der Waals surface area contributed by atoms with Gasteiger partial charge in [0.05, 0.1) is 7.11 Å². The molecule has 0 bridgehead atoms. The molecule has 1 aliphatic heterocycles. The van der Waals surface area contributed by atoms with Gasteiger partial charge in [0.15, 0.2) is 0 Å². The number of carbonyl (C=O) groups excluding carboxylic acids is 2. The van der Waals surface area contributed by atoms with Crippen molar-refractivity contribution in [1.29, 1.82) is 0 Å². The van der Waals surface area contributed by atoms with E-state index in [1.807, 2.05) is 42.1 Å². The molecule has 4 rings (SSSR count). The highest BCUT2D eigenvalue weighted by molar-refractivity contribution is 6.35. The van der Waals surface area contributed by atoms with Crippen LogP contribution in [0.4, 0.5) is 5.69 Å². The zero-order valence-corrected chi connectivity index (χ0v) is 15.3. The van der Waals surface area contributed by atoms with Crippen molar-refractivity contribution in [3.8, 4) is 5.75 Å². The first-order valence-corrected chi connectivity index (χ1v) is 8.54. The molecule has 2 amide bonds. The molecular weight excluding hydrogens is 342 g/mol. The number of nitrogens with one attached hydrogen (secondary N) is 2. The molecular formula is C21H19N3O3. The Labute approximate surface area is 156 Å². The van der Waals surface area contributed by atoms with Crippen LogP contribution in [0.2, 0.25) is 0 Å². The number of ether oxygens (including phenoxy) is 1. The van der Waals surface area contributed by atoms with E-state index in [1.165, 1.54) is 0 Å². The van der Waals surface area contributed by atoms with E-state index in [2.05, 4.69) is 10.6 Å². The van der Waals surface area contributed by atoms with Gasteiger partial charge in [-0.1, -0.05) is 0 Å². The van der Waals surface area contributed by atoms with Gasteiger partial charge in [-0.05, 0) is 42.5 Å². The summed E-state index contributed by atoms with van der Waals surface area (Å²) in [5, 5.41) is 6.46. The van der Waals surface area contributed by atoms with Crippen LogP contribution in [0.3, 0.4) is 0 Å². The summed E-state index contributed by atoms with van der Waals surface area (Å²) in [6.07, 6.45) is 3.83. The Bertz CT molecular complexity index is 1130. The quantitative estimate of drug-likeness (QED) is 0.705. The van der Waals surface area contributed by atoms with Gasteiger partial charge >= 0.3 is 0 Å². The lowest BCUT2D eigenvalue weighted by molar-refractivity contribution is -0.110. The van der Waals surface area contributed by atoms with E-state index in [0.717, 1.165) is 27.8 Å². The van der Waals surface area contributed by atoms with Gasteiger partial charge in [0.1, 0.15) is 5.75 Å². The maximum atomic E-state index is 12.5. The number of fused-ring (bicyclic) bond motifs is 2. The Morgan fingerprint density at radius 1 is 1.22 bits per heavy atom. The molecule has 2 N–H and O–H groups in total. The molecule has 2 aromatic carbocycles. The lowest BCUT2D eigenvalue weighted by Crippen LogP contribution is -2.17. The molecule has 0 aliphatic carbocycles. The maximum Gasteiger partial charge on any atom is 0.256 e. The predicted molar refractivity (Wildman–Crippen MR) is 106 cm³/mol. The van der Waals surface area contributed by atoms with Crippen molar-refractivity contribution in [2.24, 2.45) is 7.05 Å². The first-order chi connectivity index (χ1) is 13.0. The molecule has 0 atom stereocenters. The highest BCUT2D eigenvalue weighted by Crippen LogP contribution is 2.35. The Hall–Kier alpha value is -3.54. The highest BCUT2D eigenvalue weighted by Gasteiger charge is 2.25. The van der Waals surface area contributed by atoms with Crippen molar-refractivity contribution >= 4 is 40.1 Å². The Balaban J connectivity index is 1.87. The zero-order valence-electron chi connectivity index (χ0n) is 15.3. The Morgan fingerprint density at radius 2 is 2.04 bits per heavy atom. The van der Waals surface area contributed by atoms with Gasteiger partial charge in [0.25, 0.3) is 11.8 Å². The molecule has 0 spiro atoms. The van der Waals surface area contributed by atoms with Crippen molar-refractivity contribution in [2.75, 3.05) is 19.5 Å². The number of amides is 2. The molecule has 6 nitrogen and oxygen atoms in total. The third-order valence-corrected chi connectivity index (χ3v) is 4.82. The topological polar surface area (TPSA) is 72.4 Å². The number of benzene rings is 2. The highest BCUT2D eigenvalue weighted by atomic mass is 16.5. The summed E-state index contributed by atoms with van der Waals surface area (Å²) in [4.78, 5) is 24.5. The predicted octanol–water partition coefficient (Wildman–Crippen LogP) is 3.04. The second kappa shape index (κ2) is 6.32. The van der Waals surface area contributed by atoms with Crippen LogP contribution in [0.1, 0.15) is 21.5 Å². The molecule has 0 saturated heterocycles. The van der Waals surface area contributed by atoms with Crippen molar-refractivity contribution in [1.82, 2.24) is 9.88 Å². The van der Waals surface area contributed by atoms with Crippen LogP contribution < -0.4 is 15.4 Å². The van der Waals surface area contributed by atoms with Gasteiger partial charge in [0, 0.05) is 59.1 Å². The van der Waals surface area contributed by atoms with E-state index in [4.69, 9.17) is 4.74 Å². The zero-order chi connectivity index (χ0) is 19.1. The smallest absolute Gasteiger partial charge is 0.256 e. The van der Waals surface area contributed by atoms with Gasteiger partial charge in [-0.15, -0.1) is 0 Å². The minimum absolute atomic E-state index is 0.182. The van der Waals surface area contributed by atoms with Crippen LogP contribution in [0.15, 0.2) is 42.6 Å². The Morgan fingerprint density at radius 3 is 2.78 bits per heavy atom. The minimum Gasteiger partial charge on any atom is -0.497 e. The average molecular weight is 361 g/mol. The second-order valence-electron chi connectivity index (χ2n) is 6.43. The molecule has 0 fully saturated rings. The largest absolute Gasteiger partial charge is 0.497 e. The molecule has 6 heteroatoms. The van der Waals surface area contributed by atoms with Crippen LogP contribution >= 0.6 is 0 Å². The lowest BCUT2D eigenvalue weighted by atomic mass is 10.0. The van der Waals surface area contributed by atoms with Gasteiger partial charge in [-0.2, -0.15) is 0 Å². The monoisotopic (exact) mass is 361 g/mol. The van der Waals surface area contributed by atoms with E-state index >= 15 is 0 Å². The molecule has 3 aromatic rings. The number of aryl methyl sites for hydroxylation is 1. The fourth-order valence-electron chi connectivity index (χ4n) is 3.42. The fraction of sp³-hybridized carbons (Fsp3) is 0.143. The Kier molecular flexibility index (Phi) is 3.96.